The maximum atomic E-state index is 12.0. The van der Waals surface area contributed by atoms with Gasteiger partial charge in [-0.15, -0.1) is 11.3 Å². The van der Waals surface area contributed by atoms with Crippen LogP contribution in [0.5, 0.6) is 0 Å². The highest BCUT2D eigenvalue weighted by Gasteiger charge is 2.13. The molecule has 2 heterocycles. The molecule has 0 bridgehead atoms. The van der Waals surface area contributed by atoms with E-state index < -0.39 is 0 Å². The Bertz CT molecular complexity index is 574. The minimum absolute atomic E-state index is 0.0664. The van der Waals surface area contributed by atoms with Crippen LogP contribution in [0.2, 0.25) is 0 Å². The smallest absolute Gasteiger partial charge is 0.246 e. The molecule has 0 spiro atoms. The maximum absolute atomic E-state index is 12.0. The number of nitrogens with zero attached hydrogens (tertiary/aromatic N) is 1. The molecule has 21 heavy (non-hydrogen) atoms. The fraction of sp³-hybridized carbons (Fsp3) is 0.312. The molecule has 0 saturated carbocycles. The molecule has 2 aromatic rings. The number of methoxy groups -OCH3 is 1. The van der Waals surface area contributed by atoms with Gasteiger partial charge in [0.25, 0.3) is 0 Å². The Balaban J connectivity index is 1.97. The molecule has 0 N–H and O–H groups in total. The summed E-state index contributed by atoms with van der Waals surface area (Å²) in [4.78, 5) is 14.9. The maximum Gasteiger partial charge on any atom is 0.246 e. The summed E-state index contributed by atoms with van der Waals surface area (Å²) < 4.78 is 10.4. The van der Waals surface area contributed by atoms with E-state index in [1.54, 1.807) is 29.6 Å². The molecule has 2 aromatic heterocycles. The zero-order valence-electron chi connectivity index (χ0n) is 12.1. The van der Waals surface area contributed by atoms with Gasteiger partial charge in [-0.05, 0) is 35.2 Å². The molecule has 2 rings (SSSR count). The number of amides is 1. The Kier molecular flexibility index (Phi) is 5.78. The minimum atomic E-state index is -0.0664. The molecule has 0 aliphatic carbocycles. The van der Waals surface area contributed by atoms with Gasteiger partial charge in [-0.25, -0.2) is 0 Å². The summed E-state index contributed by atoms with van der Waals surface area (Å²) in [5, 5.41) is 2.06. The number of ether oxygens (including phenoxy) is 1. The Morgan fingerprint density at radius 1 is 1.57 bits per heavy atom. The van der Waals surface area contributed by atoms with Gasteiger partial charge in [-0.1, -0.05) is 6.58 Å². The second kappa shape index (κ2) is 7.81. The summed E-state index contributed by atoms with van der Waals surface area (Å²) in [5.41, 5.74) is 1.13. The first-order chi connectivity index (χ1) is 10.2. The average Bonchev–Trinajstić information content (AvgIpc) is 3.14. The standard InChI is InChI=1S/C16H19NO3S/c1-3-16(18)17(7-6-14-5-4-8-20-14)10-15-9-13(11-19-2)12-21-15/h3-5,8-9,12H,1,6-7,10-11H2,2H3. The van der Waals surface area contributed by atoms with Crippen molar-refractivity contribution in [3.8, 4) is 0 Å². The Hall–Kier alpha value is -1.85. The fourth-order valence-electron chi connectivity index (χ4n) is 2.04. The van der Waals surface area contributed by atoms with Crippen molar-refractivity contribution in [3.05, 3.63) is 58.7 Å². The average molecular weight is 305 g/mol. The number of carbonyl (C=O) groups excluding carboxylic acids is 1. The molecule has 0 aliphatic heterocycles. The predicted molar refractivity (Wildman–Crippen MR) is 83.1 cm³/mol. The fourth-order valence-corrected chi connectivity index (χ4v) is 2.92. The predicted octanol–water partition coefficient (Wildman–Crippen LogP) is 3.24. The van der Waals surface area contributed by atoms with Gasteiger partial charge in [-0.3, -0.25) is 4.79 Å². The highest BCUT2D eigenvalue weighted by molar-refractivity contribution is 7.10. The molecule has 0 saturated heterocycles. The van der Waals surface area contributed by atoms with Gasteiger partial charge >= 0.3 is 0 Å². The lowest BCUT2D eigenvalue weighted by molar-refractivity contribution is -0.126. The summed E-state index contributed by atoms with van der Waals surface area (Å²) >= 11 is 1.64. The van der Waals surface area contributed by atoms with Crippen LogP contribution in [-0.4, -0.2) is 24.5 Å². The van der Waals surface area contributed by atoms with Gasteiger partial charge in [0.05, 0.1) is 19.4 Å². The zero-order chi connectivity index (χ0) is 15.1. The first-order valence-corrected chi connectivity index (χ1v) is 7.60. The number of rotatable bonds is 8. The molecule has 0 unspecified atom stereocenters. The van der Waals surface area contributed by atoms with Crippen molar-refractivity contribution < 1.29 is 13.9 Å². The second-order valence-corrected chi connectivity index (χ2v) is 5.64. The molecule has 1 amide bonds. The van der Waals surface area contributed by atoms with Crippen molar-refractivity contribution in [3.63, 3.8) is 0 Å². The normalized spacial score (nSPS) is 10.5. The topological polar surface area (TPSA) is 42.7 Å². The van der Waals surface area contributed by atoms with Crippen molar-refractivity contribution >= 4 is 17.2 Å². The van der Waals surface area contributed by atoms with Crippen LogP contribution >= 0.6 is 11.3 Å². The number of hydrogen-bond donors (Lipinski definition) is 0. The summed E-state index contributed by atoms with van der Waals surface area (Å²) in [5.74, 6) is 0.811. The van der Waals surface area contributed by atoms with Crippen LogP contribution in [0.25, 0.3) is 0 Å². The summed E-state index contributed by atoms with van der Waals surface area (Å²) in [6.45, 7) is 5.36. The van der Waals surface area contributed by atoms with E-state index >= 15 is 0 Å². The third-order valence-electron chi connectivity index (χ3n) is 3.06. The van der Waals surface area contributed by atoms with Crippen LogP contribution in [0, 0.1) is 0 Å². The molecule has 0 radical (unpaired) electrons. The highest BCUT2D eigenvalue weighted by atomic mass is 32.1. The van der Waals surface area contributed by atoms with Gasteiger partial charge in [-0.2, -0.15) is 0 Å². The van der Waals surface area contributed by atoms with Crippen molar-refractivity contribution in [1.82, 2.24) is 4.90 Å². The van der Waals surface area contributed by atoms with Crippen molar-refractivity contribution in [2.24, 2.45) is 0 Å². The van der Waals surface area contributed by atoms with E-state index in [9.17, 15) is 4.79 Å². The second-order valence-electron chi connectivity index (χ2n) is 4.65. The summed E-state index contributed by atoms with van der Waals surface area (Å²) in [6.07, 6.45) is 3.69. The van der Waals surface area contributed by atoms with E-state index in [4.69, 9.17) is 9.15 Å². The Morgan fingerprint density at radius 2 is 2.43 bits per heavy atom. The van der Waals surface area contributed by atoms with Gasteiger partial charge in [0.2, 0.25) is 5.91 Å². The third kappa shape index (κ3) is 4.58. The monoisotopic (exact) mass is 305 g/mol. The minimum Gasteiger partial charge on any atom is -0.469 e. The van der Waals surface area contributed by atoms with Crippen molar-refractivity contribution in [2.45, 2.75) is 19.6 Å². The largest absolute Gasteiger partial charge is 0.469 e. The van der Waals surface area contributed by atoms with Gasteiger partial charge in [0.1, 0.15) is 5.76 Å². The number of thiophene rings is 1. The van der Waals surface area contributed by atoms with E-state index in [0.29, 0.717) is 26.1 Å². The molecule has 0 aliphatic rings. The first-order valence-electron chi connectivity index (χ1n) is 6.72. The van der Waals surface area contributed by atoms with Gasteiger partial charge in [0.15, 0.2) is 0 Å². The third-order valence-corrected chi connectivity index (χ3v) is 4.03. The lowest BCUT2D eigenvalue weighted by atomic mass is 10.2. The lowest BCUT2D eigenvalue weighted by Crippen LogP contribution is -2.30. The van der Waals surface area contributed by atoms with Crippen molar-refractivity contribution in [2.75, 3.05) is 13.7 Å². The number of furan rings is 1. The molecule has 5 heteroatoms. The van der Waals surface area contributed by atoms with Gasteiger partial charge in [0, 0.05) is 25.0 Å². The molecular formula is C16H19NO3S. The lowest BCUT2D eigenvalue weighted by Gasteiger charge is -2.19. The summed E-state index contributed by atoms with van der Waals surface area (Å²) in [6, 6.07) is 5.84. The molecule has 4 nitrogen and oxygen atoms in total. The van der Waals surface area contributed by atoms with Crippen LogP contribution in [0.4, 0.5) is 0 Å². The molecular weight excluding hydrogens is 286 g/mol. The SMILES string of the molecule is C=CC(=O)N(CCc1ccco1)Cc1cc(COC)cs1. The molecule has 0 fully saturated rings. The highest BCUT2D eigenvalue weighted by Crippen LogP contribution is 2.18. The first kappa shape index (κ1) is 15.5. The van der Waals surface area contributed by atoms with E-state index in [1.807, 2.05) is 12.1 Å². The number of hydrogen-bond acceptors (Lipinski definition) is 4. The molecule has 0 atom stereocenters. The van der Waals surface area contributed by atoms with Crippen LogP contribution < -0.4 is 0 Å². The van der Waals surface area contributed by atoms with E-state index in [-0.39, 0.29) is 5.91 Å². The van der Waals surface area contributed by atoms with E-state index in [1.165, 1.54) is 6.08 Å². The van der Waals surface area contributed by atoms with Crippen molar-refractivity contribution in [1.29, 1.82) is 0 Å². The Labute approximate surface area is 128 Å². The zero-order valence-corrected chi connectivity index (χ0v) is 12.9. The van der Waals surface area contributed by atoms with Crippen LogP contribution in [-0.2, 0) is 29.1 Å². The van der Waals surface area contributed by atoms with E-state index in [2.05, 4.69) is 18.0 Å². The van der Waals surface area contributed by atoms with Crippen LogP contribution in [0.3, 0.4) is 0 Å². The van der Waals surface area contributed by atoms with Crippen LogP contribution in [0.1, 0.15) is 16.2 Å². The Morgan fingerprint density at radius 3 is 3.10 bits per heavy atom. The number of carbonyl (C=O) groups is 1. The van der Waals surface area contributed by atoms with E-state index in [0.717, 1.165) is 16.2 Å². The van der Waals surface area contributed by atoms with Crippen LogP contribution in [0.15, 0.2) is 46.9 Å². The molecule has 0 aromatic carbocycles. The van der Waals surface area contributed by atoms with Gasteiger partial charge < -0.3 is 14.1 Å². The quantitative estimate of drug-likeness (QED) is 0.703. The molecule has 112 valence electrons. The summed E-state index contributed by atoms with van der Waals surface area (Å²) in [7, 11) is 1.67.